The third kappa shape index (κ3) is 6.28. The summed E-state index contributed by atoms with van der Waals surface area (Å²) in [6, 6.07) is 16.6. The molecule has 0 radical (unpaired) electrons. The van der Waals surface area contributed by atoms with Crippen molar-refractivity contribution in [3.05, 3.63) is 94.3 Å². The zero-order chi connectivity index (χ0) is 30.1. The molecule has 43 heavy (non-hydrogen) atoms. The number of fused-ring (bicyclic) bond motifs is 1. The standard InChI is InChI=1S/C32H31F3N4O4/c1-20-5-8-28(43-19-21-6-7-24-17-38(11-9-23(24)14-21)16-22-10-12-42-18-22)25(13-20)27-3-2-4-29(37-27)39-30(32(33,34)35)26(15-36-39)31(40)41/h2-8,13-15,22H,9-12,16-19H2,1H3,(H,40,41). The third-order valence-electron chi connectivity index (χ3n) is 7.93. The van der Waals surface area contributed by atoms with Gasteiger partial charge in [0, 0.05) is 31.8 Å². The summed E-state index contributed by atoms with van der Waals surface area (Å²) in [5.74, 6) is -0.737. The molecule has 2 aromatic carbocycles. The number of aryl methyl sites for hydroxylation is 1. The molecule has 11 heteroatoms. The van der Waals surface area contributed by atoms with E-state index in [0.29, 0.717) is 40.4 Å². The molecule has 224 valence electrons. The highest BCUT2D eigenvalue weighted by Gasteiger charge is 2.41. The molecule has 0 amide bonds. The van der Waals surface area contributed by atoms with Crippen molar-refractivity contribution in [1.29, 1.82) is 0 Å². The molecular weight excluding hydrogens is 561 g/mol. The molecule has 0 saturated carbocycles. The summed E-state index contributed by atoms with van der Waals surface area (Å²) in [6.45, 7) is 6.93. The van der Waals surface area contributed by atoms with Gasteiger partial charge in [0.1, 0.15) is 17.9 Å². The van der Waals surface area contributed by atoms with Crippen molar-refractivity contribution < 1.29 is 32.5 Å². The summed E-state index contributed by atoms with van der Waals surface area (Å²) < 4.78 is 53.7. The Balaban J connectivity index is 1.22. The highest BCUT2D eigenvalue weighted by atomic mass is 19.4. The summed E-state index contributed by atoms with van der Waals surface area (Å²) in [4.78, 5) is 18.4. The van der Waals surface area contributed by atoms with E-state index in [1.54, 1.807) is 12.1 Å². The Morgan fingerprint density at radius 1 is 1.14 bits per heavy atom. The van der Waals surface area contributed by atoms with E-state index in [0.717, 1.165) is 56.8 Å². The maximum absolute atomic E-state index is 13.8. The van der Waals surface area contributed by atoms with Crippen molar-refractivity contribution in [2.45, 2.75) is 39.1 Å². The van der Waals surface area contributed by atoms with E-state index in [9.17, 15) is 23.1 Å². The normalized spacial score (nSPS) is 17.2. The SMILES string of the molecule is Cc1ccc(OCc2ccc3c(c2)CCN(CC2CCOC2)C3)c(-c2cccc(-n3ncc(C(=O)O)c3C(F)(F)F)n2)c1. The number of hydrogen-bond donors (Lipinski definition) is 1. The number of carbonyl (C=O) groups is 1. The van der Waals surface area contributed by atoms with Crippen LogP contribution < -0.4 is 4.74 Å². The number of halogens is 3. The van der Waals surface area contributed by atoms with Crippen molar-refractivity contribution in [3.63, 3.8) is 0 Å². The number of benzene rings is 2. The molecule has 1 fully saturated rings. The first-order valence-electron chi connectivity index (χ1n) is 14.2. The van der Waals surface area contributed by atoms with E-state index in [2.05, 4.69) is 33.2 Å². The second-order valence-corrected chi connectivity index (χ2v) is 11.1. The van der Waals surface area contributed by atoms with Crippen LogP contribution in [0.25, 0.3) is 17.1 Å². The van der Waals surface area contributed by atoms with E-state index in [1.807, 2.05) is 25.1 Å². The fourth-order valence-corrected chi connectivity index (χ4v) is 5.78. The molecule has 8 nitrogen and oxygen atoms in total. The molecule has 1 atom stereocenters. The van der Waals surface area contributed by atoms with Gasteiger partial charge in [0.2, 0.25) is 0 Å². The lowest BCUT2D eigenvalue weighted by atomic mass is 9.96. The predicted octanol–water partition coefficient (Wildman–Crippen LogP) is 5.93. The van der Waals surface area contributed by atoms with Crippen molar-refractivity contribution in [2.75, 3.05) is 26.3 Å². The van der Waals surface area contributed by atoms with E-state index < -0.39 is 23.4 Å². The Hall–Kier alpha value is -4.22. The van der Waals surface area contributed by atoms with Gasteiger partial charge in [0.05, 0.1) is 18.5 Å². The minimum absolute atomic E-state index is 0.158. The Bertz CT molecular complexity index is 1650. The molecule has 4 heterocycles. The zero-order valence-corrected chi connectivity index (χ0v) is 23.6. The van der Waals surface area contributed by atoms with E-state index in [1.165, 1.54) is 17.2 Å². The van der Waals surface area contributed by atoms with Crippen LogP contribution >= 0.6 is 0 Å². The lowest BCUT2D eigenvalue weighted by Gasteiger charge is -2.30. The van der Waals surface area contributed by atoms with Gasteiger partial charge in [-0.05, 0) is 66.6 Å². The van der Waals surface area contributed by atoms with Crippen LogP contribution in [-0.2, 0) is 30.5 Å². The van der Waals surface area contributed by atoms with Crippen LogP contribution in [0.3, 0.4) is 0 Å². The summed E-state index contributed by atoms with van der Waals surface area (Å²) in [5.41, 5.74) is 3.22. The van der Waals surface area contributed by atoms with E-state index >= 15 is 0 Å². The predicted molar refractivity (Wildman–Crippen MR) is 152 cm³/mol. The molecule has 2 aliphatic heterocycles. The average Bonchev–Trinajstić information content (AvgIpc) is 3.67. The number of carboxylic acid groups (broad SMARTS) is 1. The first-order valence-corrected chi connectivity index (χ1v) is 14.2. The van der Waals surface area contributed by atoms with Crippen molar-refractivity contribution in [1.82, 2.24) is 19.7 Å². The van der Waals surface area contributed by atoms with Crippen LogP contribution in [-0.4, -0.2) is 57.0 Å². The lowest BCUT2D eigenvalue weighted by Crippen LogP contribution is -2.34. The topological polar surface area (TPSA) is 89.7 Å². The van der Waals surface area contributed by atoms with Crippen LogP contribution in [0.4, 0.5) is 13.2 Å². The van der Waals surface area contributed by atoms with E-state index in [4.69, 9.17) is 9.47 Å². The van der Waals surface area contributed by atoms with Crippen LogP contribution in [0.2, 0.25) is 0 Å². The van der Waals surface area contributed by atoms with Crippen molar-refractivity contribution >= 4 is 5.97 Å². The third-order valence-corrected chi connectivity index (χ3v) is 7.93. The van der Waals surface area contributed by atoms with Gasteiger partial charge in [0.25, 0.3) is 0 Å². The summed E-state index contributed by atoms with van der Waals surface area (Å²) in [5, 5.41) is 13.0. The Labute approximate surface area is 246 Å². The quantitative estimate of drug-likeness (QED) is 0.271. The number of aromatic nitrogens is 3. The number of alkyl halides is 3. The summed E-state index contributed by atoms with van der Waals surface area (Å²) in [6.07, 6.45) is -2.16. The molecule has 4 aromatic rings. The molecule has 1 N–H and O–H groups in total. The number of hydrogen-bond acceptors (Lipinski definition) is 6. The number of ether oxygens (including phenoxy) is 2. The first kappa shape index (κ1) is 28.9. The molecule has 1 unspecified atom stereocenters. The molecule has 1 saturated heterocycles. The minimum Gasteiger partial charge on any atom is -0.488 e. The Kier molecular flexibility index (Phi) is 7.93. The Morgan fingerprint density at radius 2 is 2.00 bits per heavy atom. The van der Waals surface area contributed by atoms with Gasteiger partial charge >= 0.3 is 12.1 Å². The van der Waals surface area contributed by atoms with Gasteiger partial charge in [-0.1, -0.05) is 35.9 Å². The number of rotatable bonds is 8. The molecule has 6 rings (SSSR count). The van der Waals surface area contributed by atoms with Gasteiger partial charge in [-0.3, -0.25) is 4.90 Å². The van der Waals surface area contributed by atoms with Gasteiger partial charge in [0.15, 0.2) is 11.5 Å². The highest BCUT2D eigenvalue weighted by molar-refractivity contribution is 5.89. The molecule has 0 aliphatic carbocycles. The summed E-state index contributed by atoms with van der Waals surface area (Å²) in [7, 11) is 0. The van der Waals surface area contributed by atoms with Gasteiger partial charge < -0.3 is 14.6 Å². The lowest BCUT2D eigenvalue weighted by molar-refractivity contribution is -0.143. The molecular formula is C32H31F3N4O4. The zero-order valence-electron chi connectivity index (χ0n) is 23.6. The summed E-state index contributed by atoms with van der Waals surface area (Å²) >= 11 is 0. The molecule has 2 aliphatic rings. The monoisotopic (exact) mass is 592 g/mol. The maximum Gasteiger partial charge on any atom is 0.434 e. The van der Waals surface area contributed by atoms with Crippen molar-refractivity contribution in [3.8, 4) is 22.8 Å². The number of pyridine rings is 1. The van der Waals surface area contributed by atoms with Gasteiger partial charge in [-0.15, -0.1) is 0 Å². The largest absolute Gasteiger partial charge is 0.488 e. The van der Waals surface area contributed by atoms with E-state index in [-0.39, 0.29) is 5.82 Å². The fraction of sp³-hybridized carbons (Fsp3) is 0.344. The van der Waals surface area contributed by atoms with Gasteiger partial charge in [-0.2, -0.15) is 18.3 Å². The van der Waals surface area contributed by atoms with Gasteiger partial charge in [-0.25, -0.2) is 14.5 Å². The fourth-order valence-electron chi connectivity index (χ4n) is 5.78. The molecule has 0 bridgehead atoms. The average molecular weight is 593 g/mol. The first-order chi connectivity index (χ1) is 20.7. The van der Waals surface area contributed by atoms with Crippen LogP contribution in [0.1, 0.15) is 44.7 Å². The Morgan fingerprint density at radius 3 is 2.77 bits per heavy atom. The maximum atomic E-state index is 13.8. The van der Waals surface area contributed by atoms with Crippen LogP contribution in [0, 0.1) is 12.8 Å². The number of nitrogens with zero attached hydrogens (tertiary/aromatic N) is 4. The van der Waals surface area contributed by atoms with Crippen molar-refractivity contribution in [2.24, 2.45) is 5.92 Å². The second kappa shape index (κ2) is 11.8. The molecule has 0 spiro atoms. The van der Waals surface area contributed by atoms with Crippen LogP contribution in [0.5, 0.6) is 5.75 Å². The number of aromatic carboxylic acids is 1. The smallest absolute Gasteiger partial charge is 0.434 e. The van der Waals surface area contributed by atoms with Crippen LogP contribution in [0.15, 0.2) is 60.8 Å². The second-order valence-electron chi connectivity index (χ2n) is 11.1. The number of carboxylic acids is 1. The minimum atomic E-state index is -4.95. The molecule has 2 aromatic heterocycles. The highest BCUT2D eigenvalue weighted by Crippen LogP contribution is 2.35.